The van der Waals surface area contributed by atoms with Crippen LogP contribution in [0.15, 0.2) is 24.8 Å². The predicted octanol–water partition coefficient (Wildman–Crippen LogP) is 0.504. The van der Waals surface area contributed by atoms with Crippen LogP contribution < -0.4 is 10.6 Å². The number of hydrogen-bond acceptors (Lipinski definition) is 5. The van der Waals surface area contributed by atoms with Gasteiger partial charge in [0.15, 0.2) is 0 Å². The molecule has 88 valence electrons. The van der Waals surface area contributed by atoms with Crippen molar-refractivity contribution in [2.24, 2.45) is 7.05 Å². The lowest BCUT2D eigenvalue weighted by Gasteiger charge is -2.08. The Kier molecular flexibility index (Phi) is 2.99. The second-order valence-corrected chi connectivity index (χ2v) is 3.33. The van der Waals surface area contributed by atoms with Crippen molar-refractivity contribution in [3.05, 3.63) is 30.4 Å². The largest absolute Gasteiger partial charge is 0.387 e. The Morgan fingerprint density at radius 1 is 1.47 bits per heavy atom. The van der Waals surface area contributed by atoms with Gasteiger partial charge in [0.05, 0.1) is 5.56 Å². The standard InChI is InChI=1S/C10H12N6O/c1-11-8-3-4-12-5-7(8)9(17)15-10-13-6-14-16(10)2/h3-6H,1-2H3,(H,11,12)(H,13,14,15,17). The number of pyridine rings is 1. The zero-order valence-electron chi connectivity index (χ0n) is 9.51. The van der Waals surface area contributed by atoms with Gasteiger partial charge in [-0.3, -0.25) is 15.1 Å². The molecule has 0 aliphatic carbocycles. The van der Waals surface area contributed by atoms with Crippen LogP contribution in [0.3, 0.4) is 0 Å². The number of nitrogens with one attached hydrogen (secondary N) is 2. The molecule has 0 aliphatic heterocycles. The molecule has 0 spiro atoms. The first-order chi connectivity index (χ1) is 8.22. The van der Waals surface area contributed by atoms with Gasteiger partial charge in [0.25, 0.3) is 5.91 Å². The third kappa shape index (κ3) is 2.22. The lowest BCUT2D eigenvalue weighted by molar-refractivity contribution is 0.102. The molecule has 17 heavy (non-hydrogen) atoms. The summed E-state index contributed by atoms with van der Waals surface area (Å²) < 4.78 is 1.48. The molecular formula is C10H12N6O. The smallest absolute Gasteiger partial charge is 0.261 e. The van der Waals surface area contributed by atoms with Gasteiger partial charge >= 0.3 is 0 Å². The first kappa shape index (κ1) is 11.1. The Morgan fingerprint density at radius 2 is 2.29 bits per heavy atom. The highest BCUT2D eigenvalue weighted by molar-refractivity contribution is 6.07. The molecule has 0 unspecified atom stereocenters. The molecule has 0 aromatic carbocycles. The minimum atomic E-state index is -0.279. The zero-order valence-corrected chi connectivity index (χ0v) is 9.51. The summed E-state index contributed by atoms with van der Waals surface area (Å²) >= 11 is 0. The van der Waals surface area contributed by atoms with Gasteiger partial charge < -0.3 is 5.32 Å². The van der Waals surface area contributed by atoms with Crippen molar-refractivity contribution in [2.75, 3.05) is 17.7 Å². The fourth-order valence-corrected chi connectivity index (χ4v) is 1.37. The SMILES string of the molecule is CNc1ccncc1C(=O)Nc1ncnn1C. The summed E-state index contributed by atoms with van der Waals surface area (Å²) in [5.41, 5.74) is 1.16. The van der Waals surface area contributed by atoms with E-state index in [0.29, 0.717) is 17.2 Å². The number of hydrogen-bond donors (Lipinski definition) is 2. The van der Waals surface area contributed by atoms with E-state index in [2.05, 4.69) is 25.7 Å². The third-order valence-electron chi connectivity index (χ3n) is 2.27. The highest BCUT2D eigenvalue weighted by atomic mass is 16.1. The maximum absolute atomic E-state index is 12.0. The van der Waals surface area contributed by atoms with Gasteiger partial charge in [-0.2, -0.15) is 10.1 Å². The lowest BCUT2D eigenvalue weighted by atomic mass is 10.2. The van der Waals surface area contributed by atoms with Crippen molar-refractivity contribution in [1.82, 2.24) is 19.7 Å². The summed E-state index contributed by atoms with van der Waals surface area (Å²) in [5.74, 6) is 0.111. The molecule has 2 rings (SSSR count). The van der Waals surface area contributed by atoms with Gasteiger partial charge in [-0.05, 0) is 6.07 Å². The molecule has 0 atom stereocenters. The first-order valence-corrected chi connectivity index (χ1v) is 4.99. The van der Waals surface area contributed by atoms with Gasteiger partial charge in [0, 0.05) is 32.2 Å². The van der Waals surface area contributed by atoms with Crippen LogP contribution in [-0.4, -0.2) is 32.7 Å². The van der Waals surface area contributed by atoms with E-state index in [-0.39, 0.29) is 5.91 Å². The summed E-state index contributed by atoms with van der Waals surface area (Å²) in [5, 5.41) is 9.44. The van der Waals surface area contributed by atoms with Crippen LogP contribution >= 0.6 is 0 Å². The van der Waals surface area contributed by atoms with Crippen molar-refractivity contribution in [1.29, 1.82) is 0 Å². The summed E-state index contributed by atoms with van der Waals surface area (Å²) in [4.78, 5) is 19.8. The van der Waals surface area contributed by atoms with Crippen LogP contribution in [0, 0.1) is 0 Å². The van der Waals surface area contributed by atoms with E-state index in [9.17, 15) is 4.79 Å². The fraction of sp³-hybridized carbons (Fsp3) is 0.200. The topological polar surface area (TPSA) is 84.7 Å². The van der Waals surface area contributed by atoms with E-state index in [1.54, 1.807) is 26.4 Å². The number of aryl methyl sites for hydroxylation is 1. The molecule has 0 bridgehead atoms. The van der Waals surface area contributed by atoms with Crippen molar-refractivity contribution in [3.8, 4) is 0 Å². The van der Waals surface area contributed by atoms with E-state index in [1.807, 2.05) is 0 Å². The quantitative estimate of drug-likeness (QED) is 0.805. The minimum absolute atomic E-state index is 0.279. The average Bonchev–Trinajstić information content (AvgIpc) is 2.75. The van der Waals surface area contributed by atoms with E-state index < -0.39 is 0 Å². The molecule has 0 aliphatic rings. The Bertz CT molecular complexity index is 535. The van der Waals surface area contributed by atoms with Crippen molar-refractivity contribution < 1.29 is 4.79 Å². The molecule has 0 radical (unpaired) electrons. The summed E-state index contributed by atoms with van der Waals surface area (Å²) in [7, 11) is 3.44. The first-order valence-electron chi connectivity index (χ1n) is 4.99. The molecule has 2 aromatic heterocycles. The number of carbonyl (C=O) groups is 1. The Balaban J connectivity index is 2.23. The van der Waals surface area contributed by atoms with Crippen molar-refractivity contribution >= 4 is 17.5 Å². The maximum Gasteiger partial charge on any atom is 0.261 e. The van der Waals surface area contributed by atoms with Crippen molar-refractivity contribution in [2.45, 2.75) is 0 Å². The van der Waals surface area contributed by atoms with Crippen LogP contribution in [0.1, 0.15) is 10.4 Å². The van der Waals surface area contributed by atoms with E-state index >= 15 is 0 Å². The van der Waals surface area contributed by atoms with E-state index in [0.717, 1.165) is 0 Å². The average molecular weight is 232 g/mol. The normalized spacial score (nSPS) is 10.0. The highest BCUT2D eigenvalue weighted by Crippen LogP contribution is 2.14. The monoisotopic (exact) mass is 232 g/mol. The van der Waals surface area contributed by atoms with E-state index in [1.165, 1.54) is 17.2 Å². The van der Waals surface area contributed by atoms with Crippen LogP contribution in [-0.2, 0) is 7.05 Å². The van der Waals surface area contributed by atoms with Gasteiger partial charge in [-0.15, -0.1) is 0 Å². The van der Waals surface area contributed by atoms with Gasteiger partial charge in [0.2, 0.25) is 5.95 Å². The van der Waals surface area contributed by atoms with Crippen LogP contribution in [0.5, 0.6) is 0 Å². The van der Waals surface area contributed by atoms with E-state index in [4.69, 9.17) is 0 Å². The molecule has 2 aromatic rings. The van der Waals surface area contributed by atoms with Crippen LogP contribution in [0.2, 0.25) is 0 Å². The molecule has 7 heteroatoms. The zero-order chi connectivity index (χ0) is 12.3. The Morgan fingerprint density at radius 3 is 2.94 bits per heavy atom. The molecule has 0 saturated carbocycles. The van der Waals surface area contributed by atoms with Crippen LogP contribution in [0.4, 0.5) is 11.6 Å². The highest BCUT2D eigenvalue weighted by Gasteiger charge is 2.12. The number of anilines is 2. The van der Waals surface area contributed by atoms with Gasteiger partial charge in [-0.1, -0.05) is 0 Å². The second kappa shape index (κ2) is 4.60. The van der Waals surface area contributed by atoms with Crippen LogP contribution in [0.25, 0.3) is 0 Å². The molecule has 2 heterocycles. The molecule has 7 nitrogen and oxygen atoms in total. The lowest BCUT2D eigenvalue weighted by Crippen LogP contribution is -2.17. The number of amides is 1. The number of nitrogens with zero attached hydrogens (tertiary/aromatic N) is 4. The Labute approximate surface area is 97.9 Å². The minimum Gasteiger partial charge on any atom is -0.387 e. The molecule has 1 amide bonds. The molecule has 2 N–H and O–H groups in total. The maximum atomic E-state index is 12.0. The second-order valence-electron chi connectivity index (χ2n) is 3.33. The molecule has 0 saturated heterocycles. The number of aromatic nitrogens is 4. The van der Waals surface area contributed by atoms with Gasteiger partial charge in [0.1, 0.15) is 6.33 Å². The van der Waals surface area contributed by atoms with Gasteiger partial charge in [-0.25, -0.2) is 4.68 Å². The number of carbonyl (C=O) groups excluding carboxylic acids is 1. The summed E-state index contributed by atoms with van der Waals surface area (Å²) in [6.45, 7) is 0. The number of rotatable bonds is 3. The summed E-state index contributed by atoms with van der Waals surface area (Å²) in [6.07, 6.45) is 4.49. The molecule has 0 fully saturated rings. The Hall–Kier alpha value is -2.44. The predicted molar refractivity (Wildman–Crippen MR) is 62.7 cm³/mol. The fourth-order valence-electron chi connectivity index (χ4n) is 1.37. The summed E-state index contributed by atoms with van der Waals surface area (Å²) in [6, 6.07) is 1.73. The molecular weight excluding hydrogens is 220 g/mol. The van der Waals surface area contributed by atoms with Crippen molar-refractivity contribution in [3.63, 3.8) is 0 Å². The third-order valence-corrected chi connectivity index (χ3v) is 2.27.